The van der Waals surface area contributed by atoms with E-state index in [4.69, 9.17) is 19.6 Å². The van der Waals surface area contributed by atoms with Crippen molar-refractivity contribution in [3.63, 3.8) is 0 Å². The molecule has 0 aliphatic carbocycles. The van der Waals surface area contributed by atoms with Gasteiger partial charge in [-0.25, -0.2) is 0 Å². The second kappa shape index (κ2) is 4.86. The van der Waals surface area contributed by atoms with Crippen LogP contribution >= 0.6 is 15.2 Å². The summed E-state index contributed by atoms with van der Waals surface area (Å²) >= 11 is 0. The zero-order chi connectivity index (χ0) is 13.3. The van der Waals surface area contributed by atoms with E-state index < -0.39 is 20.7 Å². The van der Waals surface area contributed by atoms with E-state index in [0.717, 1.165) is 0 Å². The molecule has 1 aromatic rings. The minimum Gasteiger partial charge on any atom is -0.362 e. The second-order valence-corrected chi connectivity index (χ2v) is 7.18. The average molecular weight is 282 g/mol. The van der Waals surface area contributed by atoms with Crippen molar-refractivity contribution in [1.29, 1.82) is 0 Å². The summed E-state index contributed by atoms with van der Waals surface area (Å²) < 4.78 is 22.0. The number of nitrogens with zero attached hydrogens (tertiary/aromatic N) is 1. The molecule has 0 unspecified atom stereocenters. The van der Waals surface area contributed by atoms with Crippen LogP contribution in [0, 0.1) is 6.92 Å². The normalized spacial score (nSPS) is 12.8. The number of hydrogen-bond acceptors (Lipinski definition) is 4. The quantitative estimate of drug-likeness (QED) is 0.501. The molecule has 0 atom stereocenters. The largest absolute Gasteiger partial charge is 0.362 e. The fourth-order valence-corrected chi connectivity index (χ4v) is 3.35. The first-order valence-electron chi connectivity index (χ1n) is 4.40. The molecular formula is C7H12N2O6P2. The van der Waals surface area contributed by atoms with Gasteiger partial charge in [-0.1, -0.05) is 0 Å². The number of nitrogens with one attached hydrogen (secondary N) is 1. The first kappa shape index (κ1) is 14.3. The van der Waals surface area contributed by atoms with Crippen LogP contribution in [0.2, 0.25) is 0 Å². The molecule has 0 saturated carbocycles. The summed E-state index contributed by atoms with van der Waals surface area (Å²) in [5.74, 6) is 0. The van der Waals surface area contributed by atoms with Crippen molar-refractivity contribution in [3.05, 3.63) is 24.0 Å². The van der Waals surface area contributed by atoms with Crippen LogP contribution in [0.5, 0.6) is 0 Å². The third kappa shape index (κ3) is 4.20. The maximum absolute atomic E-state index is 11.0. The highest BCUT2D eigenvalue weighted by Gasteiger charge is 2.43. The zero-order valence-corrected chi connectivity index (χ0v) is 10.5. The van der Waals surface area contributed by atoms with E-state index in [9.17, 15) is 9.13 Å². The molecule has 0 aliphatic rings. The van der Waals surface area contributed by atoms with Gasteiger partial charge in [-0.2, -0.15) is 0 Å². The first-order valence-corrected chi connectivity index (χ1v) is 7.76. The van der Waals surface area contributed by atoms with Crippen LogP contribution in [0.1, 0.15) is 5.69 Å². The molecular weight excluding hydrogens is 270 g/mol. The molecule has 1 aromatic heterocycles. The van der Waals surface area contributed by atoms with Gasteiger partial charge < -0.3 is 24.9 Å². The van der Waals surface area contributed by atoms with E-state index in [-0.39, 0.29) is 5.69 Å². The summed E-state index contributed by atoms with van der Waals surface area (Å²) in [5.41, 5.74) is -1.53. The highest BCUT2D eigenvalue weighted by atomic mass is 31.2. The molecule has 0 amide bonds. The van der Waals surface area contributed by atoms with E-state index in [1.165, 1.54) is 18.3 Å². The van der Waals surface area contributed by atoms with Gasteiger partial charge in [-0.05, 0) is 19.1 Å². The number of aryl methyl sites for hydroxylation is 1. The minimum absolute atomic E-state index is 0.175. The van der Waals surface area contributed by atoms with Crippen molar-refractivity contribution in [2.24, 2.45) is 0 Å². The molecule has 1 heterocycles. The fraction of sp³-hybridized carbons (Fsp3) is 0.286. The minimum atomic E-state index is -4.97. The molecule has 8 nitrogen and oxygen atoms in total. The van der Waals surface area contributed by atoms with Crippen LogP contribution < -0.4 is 5.32 Å². The molecule has 0 bridgehead atoms. The van der Waals surface area contributed by atoms with E-state index in [2.05, 4.69) is 10.3 Å². The van der Waals surface area contributed by atoms with E-state index in [1.807, 2.05) is 0 Å². The zero-order valence-electron chi connectivity index (χ0n) is 8.76. The lowest BCUT2D eigenvalue weighted by atomic mass is 10.3. The molecule has 0 aromatic carbocycles. The molecule has 5 N–H and O–H groups in total. The predicted molar refractivity (Wildman–Crippen MR) is 60.5 cm³/mol. The lowest BCUT2D eigenvalue weighted by Crippen LogP contribution is -2.19. The summed E-state index contributed by atoms with van der Waals surface area (Å²) in [5, 5.41) is 2.13. The molecule has 1 rings (SSSR count). The van der Waals surface area contributed by atoms with Gasteiger partial charge in [-0.3, -0.25) is 14.1 Å². The van der Waals surface area contributed by atoms with Gasteiger partial charge in [0.2, 0.25) is 5.52 Å². The molecule has 10 heteroatoms. The lowest BCUT2D eigenvalue weighted by Gasteiger charge is -2.21. The van der Waals surface area contributed by atoms with Crippen molar-refractivity contribution in [2.75, 3.05) is 5.32 Å². The van der Waals surface area contributed by atoms with Crippen LogP contribution in [-0.4, -0.2) is 30.1 Å². The van der Waals surface area contributed by atoms with Crippen LogP contribution in [0.4, 0.5) is 5.69 Å². The van der Waals surface area contributed by atoms with Crippen LogP contribution in [0.25, 0.3) is 0 Å². The van der Waals surface area contributed by atoms with Crippen LogP contribution in [0.3, 0.4) is 0 Å². The Hall–Kier alpha value is -0.750. The Kier molecular flexibility index (Phi) is 4.09. The third-order valence-electron chi connectivity index (χ3n) is 1.83. The van der Waals surface area contributed by atoms with Gasteiger partial charge in [0.15, 0.2) is 0 Å². The molecule has 17 heavy (non-hydrogen) atoms. The number of pyridine rings is 1. The lowest BCUT2D eigenvalue weighted by molar-refractivity contribution is 0.343. The fourth-order valence-electron chi connectivity index (χ4n) is 1.15. The highest BCUT2D eigenvalue weighted by molar-refractivity contribution is 7.71. The first-order chi connectivity index (χ1) is 7.60. The summed E-state index contributed by atoms with van der Waals surface area (Å²) in [6.45, 7) is 1.63. The Morgan fingerprint density at radius 3 is 2.18 bits per heavy atom. The number of anilines is 1. The SMILES string of the molecule is Cc1cc(NC(P(=O)(O)O)P(=O)(O)O)ccn1. The van der Waals surface area contributed by atoms with Gasteiger partial charge in [0.25, 0.3) is 0 Å². The van der Waals surface area contributed by atoms with E-state index in [1.54, 1.807) is 6.92 Å². The smallest absolute Gasteiger partial charge is 0.360 e. The van der Waals surface area contributed by atoms with Gasteiger partial charge in [0.1, 0.15) is 0 Å². The molecule has 0 radical (unpaired) electrons. The number of hydrogen-bond donors (Lipinski definition) is 5. The summed E-state index contributed by atoms with van der Waals surface area (Å²) in [6.07, 6.45) is 1.36. The predicted octanol–water partition coefficient (Wildman–Crippen LogP) is 0.441. The van der Waals surface area contributed by atoms with Gasteiger partial charge in [0.05, 0.1) is 0 Å². The monoisotopic (exact) mass is 282 g/mol. The Morgan fingerprint density at radius 1 is 1.24 bits per heavy atom. The Balaban J connectivity index is 3.04. The number of rotatable bonds is 4. The van der Waals surface area contributed by atoms with Crippen molar-refractivity contribution in [3.8, 4) is 0 Å². The maximum Gasteiger partial charge on any atom is 0.360 e. The van der Waals surface area contributed by atoms with E-state index >= 15 is 0 Å². The Labute approximate surface area is 97.0 Å². The van der Waals surface area contributed by atoms with Crippen molar-refractivity contribution in [1.82, 2.24) is 4.98 Å². The summed E-state index contributed by atoms with van der Waals surface area (Å²) in [7, 11) is -9.95. The van der Waals surface area contributed by atoms with Gasteiger partial charge >= 0.3 is 15.2 Å². The van der Waals surface area contributed by atoms with Crippen LogP contribution in [-0.2, 0) is 9.13 Å². The molecule has 0 spiro atoms. The highest BCUT2D eigenvalue weighted by Crippen LogP contribution is 2.59. The summed E-state index contributed by atoms with van der Waals surface area (Å²) in [4.78, 5) is 39.4. The van der Waals surface area contributed by atoms with Crippen molar-refractivity contribution in [2.45, 2.75) is 12.4 Å². The Bertz CT molecular complexity index is 473. The standard InChI is InChI=1S/C7H12N2O6P2/c1-5-4-6(2-3-8-5)9-7(16(10,11)12)17(13,14)15/h2-4,7H,1H3,(H,8,9)(H2,10,11,12)(H2,13,14,15). The number of aromatic nitrogens is 1. The second-order valence-electron chi connectivity index (χ2n) is 3.38. The molecule has 0 saturated heterocycles. The molecule has 0 aliphatic heterocycles. The van der Waals surface area contributed by atoms with Gasteiger partial charge in [0, 0.05) is 17.6 Å². The van der Waals surface area contributed by atoms with E-state index in [0.29, 0.717) is 5.69 Å². The molecule has 96 valence electrons. The van der Waals surface area contributed by atoms with Crippen molar-refractivity contribution < 1.29 is 28.7 Å². The topological polar surface area (TPSA) is 140 Å². The van der Waals surface area contributed by atoms with Crippen LogP contribution in [0.15, 0.2) is 18.3 Å². The third-order valence-corrected chi connectivity index (χ3v) is 5.17. The average Bonchev–Trinajstić information content (AvgIpc) is 2.10. The van der Waals surface area contributed by atoms with Gasteiger partial charge in [-0.15, -0.1) is 0 Å². The molecule has 0 fully saturated rings. The van der Waals surface area contributed by atoms with Crippen molar-refractivity contribution >= 4 is 20.9 Å². The summed E-state index contributed by atoms with van der Waals surface area (Å²) in [6, 6.07) is 2.77. The Morgan fingerprint density at radius 2 is 1.76 bits per heavy atom. The maximum atomic E-state index is 11.0.